The second-order valence-corrected chi connectivity index (χ2v) is 8.22. The Morgan fingerprint density at radius 3 is 2.76 bits per heavy atom. The summed E-state index contributed by atoms with van der Waals surface area (Å²) in [5, 5.41) is 10.0. The molecule has 0 aromatic carbocycles. The largest absolute Gasteiger partial charge is 0.363 e. The number of thiophene rings is 1. The van der Waals surface area contributed by atoms with Crippen LogP contribution in [0.25, 0.3) is 17.8 Å². The highest BCUT2D eigenvalue weighted by atomic mass is 32.1. The van der Waals surface area contributed by atoms with Crippen LogP contribution in [-0.2, 0) is 13.1 Å². The van der Waals surface area contributed by atoms with Crippen LogP contribution in [0.1, 0.15) is 36.0 Å². The molecule has 0 spiro atoms. The summed E-state index contributed by atoms with van der Waals surface area (Å²) in [5.74, 6) is 1.04. The second-order valence-electron chi connectivity index (χ2n) is 7.30. The molecule has 3 aromatic rings. The summed E-state index contributed by atoms with van der Waals surface area (Å²) >= 11 is 1.79. The van der Waals surface area contributed by atoms with Gasteiger partial charge in [0.25, 0.3) is 0 Å². The first-order chi connectivity index (χ1) is 14.2. The van der Waals surface area contributed by atoms with Gasteiger partial charge in [0.2, 0.25) is 0 Å². The fourth-order valence-corrected chi connectivity index (χ4v) is 5.02. The second kappa shape index (κ2) is 7.57. The van der Waals surface area contributed by atoms with Crippen molar-refractivity contribution < 1.29 is 0 Å². The van der Waals surface area contributed by atoms with E-state index in [1.165, 1.54) is 31.0 Å². The molecule has 0 bridgehead atoms. The van der Waals surface area contributed by atoms with Crippen LogP contribution in [0, 0.1) is 0 Å². The Morgan fingerprint density at radius 2 is 1.97 bits per heavy atom. The van der Waals surface area contributed by atoms with Gasteiger partial charge >= 0.3 is 5.69 Å². The first-order valence-electron chi connectivity index (χ1n) is 9.99. The molecule has 0 N–H and O–H groups in total. The average molecular weight is 410 g/mol. The van der Waals surface area contributed by atoms with E-state index < -0.39 is 0 Å². The highest BCUT2D eigenvalue weighted by Crippen LogP contribution is 2.38. The Hall–Kier alpha value is -2.78. The quantitative estimate of drug-likeness (QED) is 0.517. The van der Waals surface area contributed by atoms with Crippen LogP contribution < -0.4 is 5.69 Å². The van der Waals surface area contributed by atoms with E-state index in [0.717, 1.165) is 38.3 Å². The lowest BCUT2D eigenvalue weighted by Gasteiger charge is -2.29. The van der Waals surface area contributed by atoms with Crippen LogP contribution in [0.3, 0.4) is 0 Å². The molecule has 5 heterocycles. The zero-order valence-electron chi connectivity index (χ0n) is 16.4. The van der Waals surface area contributed by atoms with Gasteiger partial charge < -0.3 is 9.47 Å². The molecule has 0 saturated carbocycles. The van der Waals surface area contributed by atoms with Crippen LogP contribution in [0.15, 0.2) is 34.2 Å². The first kappa shape index (κ1) is 18.3. The standard InChI is InChI=1S/C20H23N7OS/c1-2-26-20(28)27(23-22-26)13-12-24-8-3-15(4-9-24)17-18-16(6-14-29-18)5-10-25-11-7-21-19(17)25/h5-7,10-11,14H,2-4,8-9,12-13H2,1H3. The zero-order valence-corrected chi connectivity index (χ0v) is 17.2. The molecule has 0 atom stereocenters. The molecular formula is C20H23N7OS. The predicted molar refractivity (Wildman–Crippen MR) is 113 cm³/mol. The van der Waals surface area contributed by atoms with E-state index in [-0.39, 0.29) is 5.69 Å². The maximum absolute atomic E-state index is 12.1. The predicted octanol–water partition coefficient (Wildman–Crippen LogP) is 2.26. The molecule has 9 heteroatoms. The summed E-state index contributed by atoms with van der Waals surface area (Å²) in [5.41, 5.74) is 3.90. The van der Waals surface area contributed by atoms with E-state index in [4.69, 9.17) is 0 Å². The normalized spacial score (nSPS) is 16.7. The van der Waals surface area contributed by atoms with Gasteiger partial charge in [-0.1, -0.05) is 5.57 Å². The summed E-state index contributed by atoms with van der Waals surface area (Å²) in [6.45, 7) is 5.79. The molecule has 2 aliphatic rings. The highest BCUT2D eigenvalue weighted by Gasteiger charge is 2.24. The van der Waals surface area contributed by atoms with Gasteiger partial charge in [-0.05, 0) is 53.3 Å². The third kappa shape index (κ3) is 3.30. The molecule has 3 aromatic heterocycles. The van der Waals surface area contributed by atoms with Crippen LogP contribution in [0.2, 0.25) is 0 Å². The van der Waals surface area contributed by atoms with E-state index in [9.17, 15) is 4.79 Å². The number of aromatic nitrogens is 6. The molecular weight excluding hydrogens is 386 g/mol. The monoisotopic (exact) mass is 409 g/mol. The van der Waals surface area contributed by atoms with Crippen molar-refractivity contribution in [2.24, 2.45) is 0 Å². The van der Waals surface area contributed by atoms with Crippen molar-refractivity contribution in [1.82, 2.24) is 34.2 Å². The molecule has 1 fully saturated rings. The number of hydrogen-bond donors (Lipinski definition) is 0. The minimum Gasteiger partial charge on any atom is -0.307 e. The van der Waals surface area contributed by atoms with Crippen LogP contribution in [0.5, 0.6) is 0 Å². The number of piperidine rings is 1. The Morgan fingerprint density at radius 1 is 1.14 bits per heavy atom. The van der Waals surface area contributed by atoms with E-state index in [1.807, 2.05) is 19.3 Å². The minimum atomic E-state index is -0.129. The number of imidazole rings is 1. The fraction of sp³-hybridized carbons (Fsp3) is 0.400. The first-order valence-corrected chi connectivity index (χ1v) is 10.9. The molecule has 1 saturated heterocycles. The Labute approximate surface area is 172 Å². The minimum absolute atomic E-state index is 0.129. The molecule has 29 heavy (non-hydrogen) atoms. The molecule has 0 amide bonds. The number of likely N-dealkylation sites (tertiary alicyclic amines) is 1. The number of nitrogens with zero attached hydrogens (tertiary/aromatic N) is 7. The van der Waals surface area contributed by atoms with Crippen LogP contribution in [0.4, 0.5) is 0 Å². The molecule has 5 rings (SSSR count). The van der Waals surface area contributed by atoms with E-state index in [0.29, 0.717) is 13.1 Å². The lowest BCUT2D eigenvalue weighted by Crippen LogP contribution is -2.36. The van der Waals surface area contributed by atoms with Crippen molar-refractivity contribution in [2.75, 3.05) is 19.6 Å². The maximum atomic E-state index is 12.1. The summed E-state index contributed by atoms with van der Waals surface area (Å²) in [4.78, 5) is 20.5. The van der Waals surface area contributed by atoms with E-state index >= 15 is 0 Å². The molecule has 0 radical (unpaired) electrons. The lowest BCUT2D eigenvalue weighted by molar-refractivity contribution is 0.241. The zero-order chi connectivity index (χ0) is 19.8. The third-order valence-electron chi connectivity index (χ3n) is 5.67. The van der Waals surface area contributed by atoms with Crippen molar-refractivity contribution in [2.45, 2.75) is 32.9 Å². The number of fused-ring (bicyclic) bond motifs is 2. The lowest BCUT2D eigenvalue weighted by atomic mass is 9.95. The van der Waals surface area contributed by atoms with Gasteiger partial charge in [0.15, 0.2) is 0 Å². The van der Waals surface area contributed by atoms with Crippen molar-refractivity contribution in [1.29, 1.82) is 0 Å². The van der Waals surface area contributed by atoms with Crippen molar-refractivity contribution >= 4 is 29.2 Å². The van der Waals surface area contributed by atoms with E-state index in [2.05, 4.69) is 48.6 Å². The summed E-state index contributed by atoms with van der Waals surface area (Å²) < 4.78 is 4.97. The van der Waals surface area contributed by atoms with Gasteiger partial charge in [-0.2, -0.15) is 9.36 Å². The Balaban J connectivity index is 1.33. The van der Waals surface area contributed by atoms with Gasteiger partial charge in [0.1, 0.15) is 5.82 Å². The van der Waals surface area contributed by atoms with E-state index in [1.54, 1.807) is 11.3 Å². The highest BCUT2D eigenvalue weighted by molar-refractivity contribution is 7.11. The molecule has 8 nitrogen and oxygen atoms in total. The fourth-order valence-electron chi connectivity index (χ4n) is 4.04. The number of aryl methyl sites for hydroxylation is 1. The van der Waals surface area contributed by atoms with Crippen molar-refractivity contribution in [3.63, 3.8) is 0 Å². The van der Waals surface area contributed by atoms with Crippen LogP contribution in [-0.4, -0.2) is 53.9 Å². The van der Waals surface area contributed by atoms with Gasteiger partial charge in [-0.15, -0.1) is 11.3 Å². The summed E-state index contributed by atoms with van der Waals surface area (Å²) in [6.07, 6.45) is 10.2. The number of tetrazole rings is 1. The average Bonchev–Trinajstić information content (AvgIpc) is 3.46. The van der Waals surface area contributed by atoms with Gasteiger partial charge in [-0.25, -0.2) is 9.78 Å². The summed E-state index contributed by atoms with van der Waals surface area (Å²) in [7, 11) is 0. The SMILES string of the molecule is CCn1nnn(CCN2CCC(=C3c4sccc4C=Cn4ccnc43)CC2)c1=O. The van der Waals surface area contributed by atoms with Crippen molar-refractivity contribution in [3.8, 4) is 0 Å². The molecule has 2 aliphatic heterocycles. The Kier molecular flexibility index (Phi) is 4.76. The molecule has 0 unspecified atom stereocenters. The number of hydrogen-bond acceptors (Lipinski definition) is 6. The maximum Gasteiger partial charge on any atom is 0.363 e. The van der Waals surface area contributed by atoms with Gasteiger partial charge in [0, 0.05) is 55.2 Å². The third-order valence-corrected chi connectivity index (χ3v) is 6.62. The number of rotatable bonds is 4. The van der Waals surface area contributed by atoms with Crippen molar-refractivity contribution in [3.05, 3.63) is 56.2 Å². The smallest absolute Gasteiger partial charge is 0.307 e. The summed E-state index contributed by atoms with van der Waals surface area (Å²) in [6, 6.07) is 2.18. The Bertz CT molecular complexity index is 1090. The van der Waals surface area contributed by atoms with Gasteiger partial charge in [-0.3, -0.25) is 0 Å². The van der Waals surface area contributed by atoms with Crippen LogP contribution >= 0.6 is 11.3 Å². The topological polar surface area (TPSA) is 73.8 Å². The molecule has 0 aliphatic carbocycles. The van der Waals surface area contributed by atoms with Gasteiger partial charge in [0.05, 0.1) is 6.54 Å². The molecule has 150 valence electrons.